The molecule has 0 spiro atoms. The SMILES string of the molecule is CN1CCC[C@@H](CCNC(=O)N2CCN(C/C=C/c3ccccc3)CC2)C1. The van der Waals surface area contributed by atoms with E-state index in [1.54, 1.807) is 0 Å². The minimum atomic E-state index is 0.110. The Kier molecular flexibility index (Phi) is 7.72. The minimum absolute atomic E-state index is 0.110. The Balaban J connectivity index is 1.30. The summed E-state index contributed by atoms with van der Waals surface area (Å²) in [5.74, 6) is 0.734. The molecule has 0 saturated carbocycles. The van der Waals surface area contributed by atoms with E-state index >= 15 is 0 Å². The molecule has 1 atom stereocenters. The summed E-state index contributed by atoms with van der Waals surface area (Å²) < 4.78 is 0. The Morgan fingerprint density at radius 3 is 2.67 bits per heavy atom. The van der Waals surface area contributed by atoms with Gasteiger partial charge in [0.1, 0.15) is 0 Å². The summed E-state index contributed by atoms with van der Waals surface area (Å²) in [6.07, 6.45) is 8.07. The molecule has 27 heavy (non-hydrogen) atoms. The van der Waals surface area contributed by atoms with Gasteiger partial charge in [0.2, 0.25) is 0 Å². The molecule has 0 radical (unpaired) electrons. The van der Waals surface area contributed by atoms with Crippen LogP contribution in [0.2, 0.25) is 0 Å². The van der Waals surface area contributed by atoms with E-state index in [4.69, 9.17) is 0 Å². The van der Waals surface area contributed by atoms with Crippen LogP contribution in [0.1, 0.15) is 24.8 Å². The number of amides is 2. The number of nitrogens with one attached hydrogen (secondary N) is 1. The smallest absolute Gasteiger partial charge is 0.317 e. The number of carbonyl (C=O) groups excluding carboxylic acids is 1. The maximum absolute atomic E-state index is 12.4. The summed E-state index contributed by atoms with van der Waals surface area (Å²) in [6.45, 7) is 7.66. The number of benzene rings is 1. The van der Waals surface area contributed by atoms with Gasteiger partial charge in [-0.15, -0.1) is 0 Å². The van der Waals surface area contributed by atoms with Gasteiger partial charge in [0.25, 0.3) is 0 Å². The van der Waals surface area contributed by atoms with Crippen LogP contribution >= 0.6 is 0 Å². The highest BCUT2D eigenvalue weighted by Crippen LogP contribution is 2.17. The second-order valence-corrected chi connectivity index (χ2v) is 7.89. The van der Waals surface area contributed by atoms with Crippen molar-refractivity contribution in [2.24, 2.45) is 5.92 Å². The molecule has 0 unspecified atom stereocenters. The largest absolute Gasteiger partial charge is 0.338 e. The number of hydrogen-bond acceptors (Lipinski definition) is 3. The first-order valence-corrected chi connectivity index (χ1v) is 10.4. The molecule has 1 aromatic carbocycles. The number of rotatable bonds is 6. The molecule has 5 heteroatoms. The quantitative estimate of drug-likeness (QED) is 0.837. The normalized spacial score (nSPS) is 22.3. The van der Waals surface area contributed by atoms with Gasteiger partial charge in [-0.2, -0.15) is 0 Å². The van der Waals surface area contributed by atoms with Gasteiger partial charge in [-0.25, -0.2) is 4.79 Å². The standard InChI is InChI=1S/C22H34N4O/c1-24-13-5-10-21(19-24)11-12-23-22(27)26-17-15-25(16-18-26)14-6-9-20-7-3-2-4-8-20/h2-4,6-9,21H,5,10-19H2,1H3,(H,23,27)/b9-6+/t21-/m0/s1. The molecule has 5 nitrogen and oxygen atoms in total. The van der Waals surface area contributed by atoms with Gasteiger partial charge in [0, 0.05) is 45.8 Å². The third-order valence-corrected chi connectivity index (χ3v) is 5.68. The number of piperidine rings is 1. The lowest BCUT2D eigenvalue weighted by atomic mass is 9.95. The van der Waals surface area contributed by atoms with E-state index in [1.807, 2.05) is 11.0 Å². The van der Waals surface area contributed by atoms with Crippen molar-refractivity contribution in [2.45, 2.75) is 19.3 Å². The van der Waals surface area contributed by atoms with E-state index in [1.165, 1.54) is 31.5 Å². The molecule has 2 saturated heterocycles. The molecule has 2 fully saturated rings. The molecular weight excluding hydrogens is 336 g/mol. The van der Waals surface area contributed by atoms with Crippen LogP contribution in [-0.4, -0.2) is 80.1 Å². The monoisotopic (exact) mass is 370 g/mol. The Bertz CT molecular complexity index is 596. The van der Waals surface area contributed by atoms with E-state index in [0.717, 1.165) is 51.6 Å². The van der Waals surface area contributed by atoms with E-state index in [9.17, 15) is 4.79 Å². The Labute approximate surface area is 164 Å². The van der Waals surface area contributed by atoms with Gasteiger partial charge in [0.05, 0.1) is 0 Å². The first kappa shape index (κ1) is 19.9. The van der Waals surface area contributed by atoms with Crippen molar-refractivity contribution in [2.75, 3.05) is 59.4 Å². The van der Waals surface area contributed by atoms with Crippen LogP contribution in [0.3, 0.4) is 0 Å². The number of hydrogen-bond donors (Lipinski definition) is 1. The van der Waals surface area contributed by atoms with E-state index in [2.05, 4.69) is 58.6 Å². The average Bonchev–Trinajstić information content (AvgIpc) is 2.69. The number of carbonyl (C=O) groups is 1. The predicted octanol–water partition coefficient (Wildman–Crippen LogP) is 2.76. The minimum Gasteiger partial charge on any atom is -0.338 e. The fraction of sp³-hybridized carbons (Fsp3) is 0.591. The lowest BCUT2D eigenvalue weighted by Crippen LogP contribution is -2.52. The highest BCUT2D eigenvalue weighted by Gasteiger charge is 2.21. The topological polar surface area (TPSA) is 38.8 Å². The zero-order valence-electron chi connectivity index (χ0n) is 16.6. The average molecular weight is 371 g/mol. The fourth-order valence-corrected chi connectivity index (χ4v) is 4.04. The molecule has 2 heterocycles. The Morgan fingerprint density at radius 1 is 1.15 bits per heavy atom. The molecule has 0 bridgehead atoms. The van der Waals surface area contributed by atoms with E-state index < -0.39 is 0 Å². The summed E-state index contributed by atoms with van der Waals surface area (Å²) in [6, 6.07) is 10.5. The number of nitrogens with zero attached hydrogens (tertiary/aromatic N) is 3. The van der Waals surface area contributed by atoms with Crippen molar-refractivity contribution in [3.63, 3.8) is 0 Å². The number of piperazine rings is 1. The second-order valence-electron chi connectivity index (χ2n) is 7.89. The molecule has 2 aliphatic heterocycles. The van der Waals surface area contributed by atoms with Crippen LogP contribution in [-0.2, 0) is 0 Å². The predicted molar refractivity (Wildman–Crippen MR) is 112 cm³/mol. The molecule has 1 N–H and O–H groups in total. The van der Waals surface area contributed by atoms with Crippen LogP contribution in [0, 0.1) is 5.92 Å². The summed E-state index contributed by atoms with van der Waals surface area (Å²) in [5.41, 5.74) is 1.24. The summed E-state index contributed by atoms with van der Waals surface area (Å²) >= 11 is 0. The fourth-order valence-electron chi connectivity index (χ4n) is 4.04. The molecule has 3 rings (SSSR count). The molecular formula is C22H34N4O. The number of likely N-dealkylation sites (tertiary alicyclic amines) is 1. The van der Waals surface area contributed by atoms with Crippen LogP contribution < -0.4 is 5.32 Å². The first-order valence-electron chi connectivity index (χ1n) is 10.4. The highest BCUT2D eigenvalue weighted by molar-refractivity contribution is 5.74. The molecule has 2 aliphatic rings. The van der Waals surface area contributed by atoms with Crippen molar-refractivity contribution in [3.8, 4) is 0 Å². The van der Waals surface area contributed by atoms with Gasteiger partial charge in [-0.3, -0.25) is 4.90 Å². The van der Waals surface area contributed by atoms with Crippen molar-refractivity contribution in [3.05, 3.63) is 42.0 Å². The number of urea groups is 1. The highest BCUT2D eigenvalue weighted by atomic mass is 16.2. The van der Waals surface area contributed by atoms with Gasteiger partial charge < -0.3 is 15.1 Å². The lowest BCUT2D eigenvalue weighted by molar-refractivity contribution is 0.145. The first-order chi connectivity index (χ1) is 13.2. The maximum atomic E-state index is 12.4. The zero-order valence-corrected chi connectivity index (χ0v) is 16.6. The Hall–Kier alpha value is -1.85. The molecule has 148 valence electrons. The zero-order chi connectivity index (χ0) is 18.9. The maximum Gasteiger partial charge on any atom is 0.317 e. The molecule has 0 aromatic heterocycles. The Morgan fingerprint density at radius 2 is 1.93 bits per heavy atom. The van der Waals surface area contributed by atoms with Crippen LogP contribution in [0.5, 0.6) is 0 Å². The van der Waals surface area contributed by atoms with Gasteiger partial charge >= 0.3 is 6.03 Å². The second kappa shape index (κ2) is 10.5. The van der Waals surface area contributed by atoms with Crippen LogP contribution in [0.25, 0.3) is 6.08 Å². The third-order valence-electron chi connectivity index (χ3n) is 5.68. The van der Waals surface area contributed by atoms with Crippen molar-refractivity contribution < 1.29 is 4.79 Å². The van der Waals surface area contributed by atoms with Gasteiger partial charge in [0.15, 0.2) is 0 Å². The van der Waals surface area contributed by atoms with Crippen molar-refractivity contribution in [1.82, 2.24) is 20.0 Å². The van der Waals surface area contributed by atoms with Crippen LogP contribution in [0.15, 0.2) is 36.4 Å². The summed E-state index contributed by atoms with van der Waals surface area (Å²) in [4.78, 5) is 19.2. The lowest BCUT2D eigenvalue weighted by Gasteiger charge is -2.34. The summed E-state index contributed by atoms with van der Waals surface area (Å²) in [7, 11) is 2.19. The molecule has 1 aromatic rings. The summed E-state index contributed by atoms with van der Waals surface area (Å²) in [5, 5.41) is 3.13. The van der Waals surface area contributed by atoms with Gasteiger partial charge in [-0.05, 0) is 44.3 Å². The van der Waals surface area contributed by atoms with E-state index in [0.29, 0.717) is 0 Å². The molecule has 0 aliphatic carbocycles. The van der Waals surface area contributed by atoms with Crippen molar-refractivity contribution >= 4 is 12.1 Å². The van der Waals surface area contributed by atoms with Gasteiger partial charge in [-0.1, -0.05) is 42.5 Å². The van der Waals surface area contributed by atoms with Crippen molar-refractivity contribution in [1.29, 1.82) is 0 Å². The van der Waals surface area contributed by atoms with Crippen LogP contribution in [0.4, 0.5) is 4.79 Å². The third kappa shape index (κ3) is 6.67. The van der Waals surface area contributed by atoms with E-state index in [-0.39, 0.29) is 6.03 Å². The molecule has 2 amide bonds.